The maximum Gasteiger partial charge on any atom is 0.434 e. The van der Waals surface area contributed by atoms with Gasteiger partial charge in [-0.1, -0.05) is 6.92 Å². The van der Waals surface area contributed by atoms with Gasteiger partial charge < -0.3 is 40.1 Å². The van der Waals surface area contributed by atoms with Crippen LogP contribution in [0.1, 0.15) is 74.6 Å². The van der Waals surface area contributed by atoms with E-state index < -0.39 is 120 Å². The van der Waals surface area contributed by atoms with Crippen LogP contribution in [-0.2, 0) is 50.1 Å². The van der Waals surface area contributed by atoms with E-state index in [2.05, 4.69) is 33.7 Å². The average Bonchev–Trinajstić information content (AvgIpc) is 0.968. The number of ether oxygens (including phenoxy) is 2. The Morgan fingerprint density at radius 1 is 0.756 bits per heavy atom. The quantitative estimate of drug-likeness (QED) is 0.0486. The molecule has 6 N–H and O–H groups in total. The van der Waals surface area contributed by atoms with Gasteiger partial charge in [-0.3, -0.25) is 9.59 Å². The third-order valence-electron chi connectivity index (χ3n) is 14.7. The van der Waals surface area contributed by atoms with Crippen LogP contribution in [0.3, 0.4) is 0 Å². The number of pyridine rings is 3. The molecule has 2 unspecified atom stereocenters. The number of carbonyl (C=O) groups excluding carboxylic acids is 6. The van der Waals surface area contributed by atoms with Gasteiger partial charge in [0.25, 0.3) is 5.91 Å². The Morgan fingerprint density at radius 3 is 2.03 bits per heavy atom. The molecular weight excluding hydrogens is 1310 g/mol. The van der Waals surface area contributed by atoms with Crippen molar-refractivity contribution in [1.29, 1.82) is 0 Å². The number of amides is 3. The first kappa shape index (κ1) is 72.4. The first-order valence-corrected chi connectivity index (χ1v) is 33.6. The number of piperazine rings is 1. The molecule has 27 nitrogen and oxygen atoms in total. The van der Waals surface area contributed by atoms with Gasteiger partial charge in [0.05, 0.1) is 60.0 Å². The molecule has 3 aliphatic heterocycles. The smallest absolute Gasteiger partial charge is 0.208 e. The van der Waals surface area contributed by atoms with Crippen molar-refractivity contribution in [2.45, 2.75) is 90.0 Å². The van der Waals surface area contributed by atoms with Gasteiger partial charge in [-0.2, -0.15) is 13.2 Å². The standard InChI is InChI=1S/C54H79F3N12O13.C2HF3O2.In/c1-4-37-32-68(53(80)41-10-13-47(81-5-2)63-51(41)54(55,56)57)27-28-69(37)44-12-11-42(40-9-7-16-61-52(40)82-6-3)62-43(44)31-58-15-8-17-59-45(72)30-39(71)29-38(70)14-18-60-46(73)33-64-19-21-65(34-48(74)75)23-25-67(36-50(78)79)26-24-66(22-20-64)35-49(76)77;3-2(4,5)1(6)7;/h7,9-13,16,37-39,58,70-71H,4-6,8,14-15,17-36H2,1-3H3,(H,59,72)(H,60,73)(H,74,75)(H,76,77)(H,78,79);(H,6,7);/q;;+3/p-3/t37-,38-,39-;;/m1../s1. The fraction of sp³-hybridized carbons (Fsp3) is 0.607. The Balaban J connectivity index is 0.971. The van der Waals surface area contributed by atoms with Crippen molar-refractivity contribution in [3.05, 3.63) is 59.5 Å². The Kier molecular flexibility index (Phi) is 28.3. The number of carbonyl (C=O) groups is 7. The van der Waals surface area contributed by atoms with Gasteiger partial charge in [-0.05, 0) is 70.0 Å². The van der Waals surface area contributed by atoms with Gasteiger partial charge in [0, 0.05) is 51.0 Å². The molecule has 0 aliphatic carbocycles. The van der Waals surface area contributed by atoms with Crippen LogP contribution in [0.2, 0.25) is 0 Å². The first-order valence-electron chi connectivity index (χ1n) is 29.6. The van der Waals surface area contributed by atoms with E-state index in [0.29, 0.717) is 48.8 Å². The van der Waals surface area contributed by atoms with Gasteiger partial charge in [-0.15, -0.1) is 0 Å². The Labute approximate surface area is 525 Å². The van der Waals surface area contributed by atoms with Gasteiger partial charge in [0.15, 0.2) is 5.69 Å². The predicted molar refractivity (Wildman–Crippen MR) is 308 cm³/mol. The molecule has 0 radical (unpaired) electrons. The number of aliphatic carboxylic acids is 1. The number of carboxylic acid groups (broad SMARTS) is 1. The number of nitrogens with one attached hydrogen (secondary N) is 3. The molecule has 5 atom stereocenters. The third kappa shape index (κ3) is 23.2. The monoisotopic (exact) mass is 1390 g/mol. The predicted octanol–water partition coefficient (Wildman–Crippen LogP) is 1.20. The normalized spacial score (nSPS) is 19.2. The number of halogens is 6. The van der Waals surface area contributed by atoms with Crippen molar-refractivity contribution in [1.82, 2.24) is 55.4 Å². The molecule has 34 heteroatoms. The van der Waals surface area contributed by atoms with Crippen molar-refractivity contribution in [3.63, 3.8) is 0 Å². The van der Waals surface area contributed by atoms with E-state index in [1.54, 1.807) is 38.8 Å². The summed E-state index contributed by atoms with van der Waals surface area (Å²) in [6.45, 7) is 6.55. The molecule has 3 amide bonds. The molecule has 496 valence electrons. The summed E-state index contributed by atoms with van der Waals surface area (Å²) >= 11 is -5.20. The third-order valence-corrected chi connectivity index (χ3v) is 18.4. The number of hydrogen-bond donors (Lipinski definition) is 6. The Morgan fingerprint density at radius 2 is 1.40 bits per heavy atom. The fourth-order valence-corrected chi connectivity index (χ4v) is 13.1. The van der Waals surface area contributed by atoms with Gasteiger partial charge in [0.2, 0.25) is 17.7 Å². The molecule has 3 saturated heterocycles. The molecule has 3 fully saturated rings. The molecule has 0 saturated carbocycles. The topological polar surface area (TPSA) is 321 Å². The Hall–Kier alpha value is -6.69. The van der Waals surface area contributed by atoms with Crippen LogP contribution < -0.4 is 30.3 Å². The number of aliphatic hydroxyl groups excluding tert-OH is 2. The maximum atomic E-state index is 14.2. The number of anilines is 1. The zero-order valence-electron chi connectivity index (χ0n) is 50.3. The summed E-state index contributed by atoms with van der Waals surface area (Å²) in [6, 6.07) is 9.37. The van der Waals surface area contributed by atoms with Gasteiger partial charge >= 0.3 is 232 Å². The van der Waals surface area contributed by atoms with E-state index in [0.717, 1.165) is 11.8 Å². The molecule has 3 aromatic heterocycles. The largest absolute Gasteiger partial charge is 0.434 e. The number of aliphatic hydroxyl groups is 2. The van der Waals surface area contributed by atoms with Crippen LogP contribution in [0.15, 0.2) is 42.6 Å². The number of nitrogens with zero attached hydrogens (tertiary/aromatic N) is 9. The molecule has 6 rings (SSSR count). The van der Waals surface area contributed by atoms with Crippen molar-refractivity contribution in [2.24, 2.45) is 0 Å². The molecular formula is C56H77F6InN12O15. The summed E-state index contributed by atoms with van der Waals surface area (Å²) in [4.78, 5) is 112. The van der Waals surface area contributed by atoms with Crippen LogP contribution in [0, 0.1) is 0 Å². The van der Waals surface area contributed by atoms with Crippen LogP contribution in [-0.4, -0.2) is 275 Å². The summed E-state index contributed by atoms with van der Waals surface area (Å²) in [7, 11) is 0. The number of aromatic nitrogens is 3. The fourth-order valence-electron chi connectivity index (χ4n) is 10.2. The van der Waals surface area contributed by atoms with Gasteiger partial charge in [0.1, 0.15) is 0 Å². The van der Waals surface area contributed by atoms with Crippen LogP contribution >= 0.6 is 0 Å². The molecule has 2 bridgehead atoms. The number of carboxylic acids is 1. The molecule has 6 heterocycles. The SMILES string of the molecule is CCOc1ccc(C(=O)N2CCN(c3ccc(-c4cccnc4OCC)nc3CNCCCNC(=O)C[C@H](O)C[C@H](O)CCNC(=O)CN3CCN(CC(=O)O)CCN4CCN(CC3)CC(=O)[O][In]([O]C(=O)C(F)(F)F)[O]C(=O)C4)[C@H](CC)C2)c(C(F)(F)F)n1. The second kappa shape index (κ2) is 35.2. The van der Waals surface area contributed by atoms with Crippen molar-refractivity contribution < 1.29 is 93.3 Å². The van der Waals surface area contributed by atoms with E-state index in [-0.39, 0.29) is 136 Å². The summed E-state index contributed by atoms with van der Waals surface area (Å²) in [5.74, 6) is -7.62. The second-order valence-electron chi connectivity index (χ2n) is 21.4. The summed E-state index contributed by atoms with van der Waals surface area (Å²) < 4.78 is 107. The van der Waals surface area contributed by atoms with E-state index in [1.807, 2.05) is 32.0 Å². The van der Waals surface area contributed by atoms with E-state index in [4.69, 9.17) is 20.2 Å². The summed E-state index contributed by atoms with van der Waals surface area (Å²) in [5, 5.41) is 39.9. The number of alkyl halides is 6. The molecule has 3 aliphatic rings. The van der Waals surface area contributed by atoms with E-state index in [1.165, 1.54) is 11.0 Å². The van der Waals surface area contributed by atoms with Crippen LogP contribution in [0.25, 0.3) is 11.3 Å². The van der Waals surface area contributed by atoms with E-state index in [9.17, 15) is 75.2 Å². The molecule has 3 aromatic rings. The van der Waals surface area contributed by atoms with Crippen LogP contribution in [0.4, 0.5) is 32.0 Å². The maximum absolute atomic E-state index is 14.2. The Bertz CT molecular complexity index is 2910. The number of rotatable bonds is 26. The average molecular weight is 1390 g/mol. The summed E-state index contributed by atoms with van der Waals surface area (Å²) in [5.41, 5.74) is 0.704. The van der Waals surface area contributed by atoms with Crippen LogP contribution in [0.5, 0.6) is 11.8 Å². The number of fused-ring (bicyclic) bond motifs is 3. The summed E-state index contributed by atoms with van der Waals surface area (Å²) in [6.07, 6.45) is -10.6. The first-order chi connectivity index (χ1) is 42.8. The second-order valence-corrected chi connectivity index (χ2v) is 25.0. The molecule has 0 aromatic carbocycles. The zero-order chi connectivity index (χ0) is 65.5. The minimum atomic E-state index is -5.45. The minimum Gasteiger partial charge on any atom is -0.208 e. The minimum absolute atomic E-state index is 0.00440. The van der Waals surface area contributed by atoms with Crippen molar-refractivity contribution in [3.8, 4) is 23.0 Å². The van der Waals surface area contributed by atoms with E-state index >= 15 is 0 Å². The van der Waals surface area contributed by atoms with Gasteiger partial charge in [-0.25, -0.2) is 15.0 Å². The molecule has 0 spiro atoms. The molecule has 90 heavy (non-hydrogen) atoms. The van der Waals surface area contributed by atoms with Crippen molar-refractivity contribution >= 4 is 70.0 Å². The van der Waals surface area contributed by atoms with Crippen molar-refractivity contribution in [2.75, 3.05) is 136 Å². The zero-order valence-corrected chi connectivity index (χ0v) is 53.6. The number of hydrogen-bond acceptors (Lipinski definition) is 23.